The lowest BCUT2D eigenvalue weighted by atomic mass is 10.1. The molecule has 0 aromatic heterocycles. The van der Waals surface area contributed by atoms with Crippen LogP contribution in [0.15, 0.2) is 0 Å². The van der Waals surface area contributed by atoms with Crippen LogP contribution in [0.5, 0.6) is 0 Å². The summed E-state index contributed by atoms with van der Waals surface area (Å²) in [6.07, 6.45) is -1.51. The molecule has 1 fully saturated rings. The van der Waals surface area contributed by atoms with Gasteiger partial charge in [0.2, 0.25) is 0 Å². The highest BCUT2D eigenvalue weighted by atomic mass is 35.5. The van der Waals surface area contributed by atoms with Crippen molar-refractivity contribution in [3.8, 4) is 0 Å². The summed E-state index contributed by atoms with van der Waals surface area (Å²) in [4.78, 5) is 37.3. The summed E-state index contributed by atoms with van der Waals surface area (Å²) in [5.74, 6) is -0.690. The number of hydrazine groups is 1. The Morgan fingerprint density at radius 1 is 0.960 bits per heavy atom. The lowest BCUT2D eigenvalue weighted by molar-refractivity contribution is -0.158. The van der Waals surface area contributed by atoms with Crippen LogP contribution in [-0.4, -0.2) is 64.4 Å². The number of alkyl halides is 1. The normalized spacial score (nSPS) is 21.6. The molecular formula is C16H27ClN2O6. The second kappa shape index (κ2) is 7.68. The van der Waals surface area contributed by atoms with Crippen molar-refractivity contribution >= 4 is 29.8 Å². The van der Waals surface area contributed by atoms with Crippen LogP contribution in [-0.2, 0) is 19.0 Å². The molecule has 0 radical (unpaired) electrons. The monoisotopic (exact) mass is 378 g/mol. The van der Waals surface area contributed by atoms with Gasteiger partial charge < -0.3 is 14.2 Å². The van der Waals surface area contributed by atoms with E-state index < -0.39 is 40.8 Å². The number of amides is 2. The number of methoxy groups -OCH3 is 1. The van der Waals surface area contributed by atoms with Crippen molar-refractivity contribution in [2.75, 3.05) is 13.7 Å². The SMILES string of the molecule is COC(=O)[C@H]1C[C@H](Cl)CN(C(=O)OC(C)(C)C)N1C(=O)OC(C)(C)C. The highest BCUT2D eigenvalue weighted by molar-refractivity contribution is 6.21. The number of nitrogens with zero attached hydrogens (tertiary/aromatic N) is 2. The van der Waals surface area contributed by atoms with Crippen LogP contribution in [0.1, 0.15) is 48.0 Å². The standard InChI is InChI=1S/C16H27ClN2O6/c1-15(2,3)24-13(21)18-9-10(17)8-11(12(20)23-7)19(18)14(22)25-16(4,5)6/h10-11H,8-9H2,1-7H3/t10-,11+/m0/s1. The van der Waals surface area contributed by atoms with Gasteiger partial charge in [-0.1, -0.05) is 0 Å². The highest BCUT2D eigenvalue weighted by Gasteiger charge is 2.46. The molecule has 0 unspecified atom stereocenters. The molecule has 1 aliphatic rings. The van der Waals surface area contributed by atoms with Gasteiger partial charge >= 0.3 is 18.2 Å². The molecule has 144 valence electrons. The zero-order valence-corrected chi connectivity index (χ0v) is 16.5. The molecule has 9 heteroatoms. The van der Waals surface area contributed by atoms with Crippen LogP contribution in [0, 0.1) is 0 Å². The molecule has 1 saturated heterocycles. The predicted octanol–water partition coefficient (Wildman–Crippen LogP) is 2.93. The second-order valence-electron chi connectivity index (χ2n) is 7.76. The Morgan fingerprint density at radius 3 is 1.88 bits per heavy atom. The molecule has 0 aromatic rings. The third-order valence-electron chi connectivity index (χ3n) is 3.06. The van der Waals surface area contributed by atoms with Crippen LogP contribution in [0.25, 0.3) is 0 Å². The molecule has 1 rings (SSSR count). The fourth-order valence-electron chi connectivity index (χ4n) is 2.20. The summed E-state index contributed by atoms with van der Waals surface area (Å²) in [7, 11) is 1.20. The zero-order chi connectivity index (χ0) is 19.6. The molecule has 0 spiro atoms. The Bertz CT molecular complexity index is 526. The molecule has 25 heavy (non-hydrogen) atoms. The van der Waals surface area contributed by atoms with Crippen molar-refractivity contribution in [3.63, 3.8) is 0 Å². The molecule has 0 bridgehead atoms. The van der Waals surface area contributed by atoms with Gasteiger partial charge in [-0.05, 0) is 48.0 Å². The van der Waals surface area contributed by atoms with E-state index >= 15 is 0 Å². The van der Waals surface area contributed by atoms with Crippen LogP contribution in [0.3, 0.4) is 0 Å². The summed E-state index contributed by atoms with van der Waals surface area (Å²) in [6, 6.07) is -1.08. The van der Waals surface area contributed by atoms with Crippen molar-refractivity contribution < 1.29 is 28.6 Å². The van der Waals surface area contributed by atoms with Gasteiger partial charge in [-0.15, -0.1) is 11.6 Å². The maximum absolute atomic E-state index is 12.6. The molecule has 2 atom stereocenters. The molecule has 0 aliphatic carbocycles. The van der Waals surface area contributed by atoms with Gasteiger partial charge in [-0.2, -0.15) is 5.01 Å². The lowest BCUT2D eigenvalue weighted by Gasteiger charge is -2.44. The number of hydrogen-bond acceptors (Lipinski definition) is 6. The largest absolute Gasteiger partial charge is 0.467 e. The minimum Gasteiger partial charge on any atom is -0.467 e. The van der Waals surface area contributed by atoms with Gasteiger partial charge in [0.05, 0.1) is 19.0 Å². The van der Waals surface area contributed by atoms with Crippen LogP contribution < -0.4 is 0 Å². The summed E-state index contributed by atoms with van der Waals surface area (Å²) >= 11 is 6.19. The Balaban J connectivity index is 3.20. The summed E-state index contributed by atoms with van der Waals surface area (Å²) in [6.45, 7) is 10.1. The number of hydrogen-bond donors (Lipinski definition) is 0. The summed E-state index contributed by atoms with van der Waals surface area (Å²) in [5, 5.41) is 1.39. The average Bonchev–Trinajstić information content (AvgIpc) is 2.41. The van der Waals surface area contributed by atoms with Crippen LogP contribution in [0.2, 0.25) is 0 Å². The van der Waals surface area contributed by atoms with Crippen molar-refractivity contribution in [1.29, 1.82) is 0 Å². The lowest BCUT2D eigenvalue weighted by Crippen LogP contribution is -2.64. The van der Waals surface area contributed by atoms with Crippen LogP contribution >= 0.6 is 11.6 Å². The summed E-state index contributed by atoms with van der Waals surface area (Å²) < 4.78 is 15.4. The van der Waals surface area contributed by atoms with Gasteiger partial charge in [0.25, 0.3) is 0 Å². The fraction of sp³-hybridized carbons (Fsp3) is 0.812. The Kier molecular flexibility index (Phi) is 6.55. The van der Waals surface area contributed by atoms with E-state index in [0.29, 0.717) is 0 Å². The molecule has 1 heterocycles. The molecular weight excluding hydrogens is 352 g/mol. The van der Waals surface area contributed by atoms with E-state index in [1.54, 1.807) is 41.5 Å². The molecule has 1 aliphatic heterocycles. The predicted molar refractivity (Wildman–Crippen MR) is 91.1 cm³/mol. The Labute approximate surface area is 153 Å². The van der Waals surface area contributed by atoms with E-state index in [0.717, 1.165) is 10.0 Å². The van der Waals surface area contributed by atoms with Gasteiger partial charge in [0.15, 0.2) is 6.04 Å². The summed E-state index contributed by atoms with van der Waals surface area (Å²) in [5.41, 5.74) is -1.59. The first-order chi connectivity index (χ1) is 11.2. The number of esters is 1. The number of halogens is 1. The van der Waals surface area contributed by atoms with E-state index in [1.165, 1.54) is 7.11 Å². The number of carbonyl (C=O) groups is 3. The first-order valence-corrected chi connectivity index (χ1v) is 8.43. The second-order valence-corrected chi connectivity index (χ2v) is 8.38. The third-order valence-corrected chi connectivity index (χ3v) is 3.38. The number of ether oxygens (including phenoxy) is 3. The topological polar surface area (TPSA) is 85.4 Å². The molecule has 2 amide bonds. The zero-order valence-electron chi connectivity index (χ0n) is 15.8. The van der Waals surface area contributed by atoms with Gasteiger partial charge in [-0.3, -0.25) is 0 Å². The van der Waals surface area contributed by atoms with Crippen molar-refractivity contribution in [2.24, 2.45) is 0 Å². The van der Waals surface area contributed by atoms with E-state index in [-0.39, 0.29) is 13.0 Å². The third kappa shape index (κ3) is 6.26. The minimum absolute atomic E-state index is 0.00318. The van der Waals surface area contributed by atoms with Crippen molar-refractivity contribution in [2.45, 2.75) is 70.6 Å². The maximum Gasteiger partial charge on any atom is 0.430 e. The van der Waals surface area contributed by atoms with Crippen molar-refractivity contribution in [1.82, 2.24) is 10.0 Å². The maximum atomic E-state index is 12.6. The quantitative estimate of drug-likeness (QED) is 0.396. The smallest absolute Gasteiger partial charge is 0.430 e. The molecule has 0 N–H and O–H groups in total. The van der Waals surface area contributed by atoms with Gasteiger partial charge in [0, 0.05) is 0 Å². The number of carbonyl (C=O) groups excluding carboxylic acids is 3. The molecule has 0 aromatic carbocycles. The van der Waals surface area contributed by atoms with E-state index in [4.69, 9.17) is 25.8 Å². The van der Waals surface area contributed by atoms with Gasteiger partial charge in [-0.25, -0.2) is 19.4 Å². The van der Waals surface area contributed by atoms with E-state index in [9.17, 15) is 14.4 Å². The molecule has 0 saturated carbocycles. The van der Waals surface area contributed by atoms with E-state index in [2.05, 4.69) is 0 Å². The van der Waals surface area contributed by atoms with E-state index in [1.807, 2.05) is 0 Å². The molecule has 8 nitrogen and oxygen atoms in total. The highest BCUT2D eigenvalue weighted by Crippen LogP contribution is 2.27. The van der Waals surface area contributed by atoms with Gasteiger partial charge in [0.1, 0.15) is 11.2 Å². The van der Waals surface area contributed by atoms with Crippen LogP contribution in [0.4, 0.5) is 9.59 Å². The Morgan fingerprint density at radius 2 is 1.44 bits per heavy atom. The average molecular weight is 379 g/mol. The van der Waals surface area contributed by atoms with Crippen molar-refractivity contribution in [3.05, 3.63) is 0 Å². The first-order valence-electron chi connectivity index (χ1n) is 7.99. The fourth-order valence-corrected chi connectivity index (χ4v) is 2.50. The first kappa shape index (κ1) is 21.3. The Hall–Kier alpha value is -1.70. The number of rotatable bonds is 1. The minimum atomic E-state index is -1.08.